The monoisotopic (exact) mass is 322 g/mol. The lowest BCUT2D eigenvalue weighted by atomic mass is 9.57. The molecule has 22 heavy (non-hydrogen) atoms. The highest BCUT2D eigenvalue weighted by atomic mass is 32.2. The normalized spacial score (nSPS) is 27.3. The summed E-state index contributed by atoms with van der Waals surface area (Å²) in [5.41, 5.74) is 0.346. The molecule has 3 aliphatic rings. The van der Waals surface area contributed by atoms with Gasteiger partial charge in [0.05, 0.1) is 11.9 Å². The van der Waals surface area contributed by atoms with Crippen molar-refractivity contribution in [1.82, 2.24) is 20.1 Å². The molecule has 0 unspecified atom stereocenters. The van der Waals surface area contributed by atoms with Crippen LogP contribution in [0.1, 0.15) is 39.3 Å². The Morgan fingerprint density at radius 2 is 2.14 bits per heavy atom. The molecule has 2 bridgehead atoms. The first-order valence-corrected chi connectivity index (χ1v) is 8.76. The summed E-state index contributed by atoms with van der Waals surface area (Å²) in [6.45, 7) is 7.10. The number of rotatable bonds is 2. The average molecular weight is 322 g/mol. The highest BCUT2D eigenvalue weighted by Gasteiger charge is 2.53. The summed E-state index contributed by atoms with van der Waals surface area (Å²) in [4.78, 5) is 18.4. The van der Waals surface area contributed by atoms with E-state index in [1.807, 2.05) is 38.1 Å². The third-order valence-electron chi connectivity index (χ3n) is 4.25. The van der Waals surface area contributed by atoms with E-state index in [1.165, 1.54) is 11.8 Å². The van der Waals surface area contributed by atoms with Gasteiger partial charge in [0.2, 0.25) is 5.16 Å². The molecule has 3 heterocycles. The minimum atomic E-state index is -0.465. The summed E-state index contributed by atoms with van der Waals surface area (Å²) in [5, 5.41) is 9.15. The van der Waals surface area contributed by atoms with Crippen LogP contribution in [0.4, 0.5) is 4.79 Å². The van der Waals surface area contributed by atoms with Crippen LogP contribution in [0.25, 0.3) is 0 Å². The van der Waals surface area contributed by atoms with Gasteiger partial charge in [-0.1, -0.05) is 11.8 Å². The number of hydrogen-bond donors (Lipinski definition) is 0. The third kappa shape index (κ3) is 2.91. The van der Waals surface area contributed by atoms with Crippen LogP contribution in [-0.4, -0.2) is 51.1 Å². The Morgan fingerprint density at radius 3 is 2.68 bits per heavy atom. The van der Waals surface area contributed by atoms with E-state index in [4.69, 9.17) is 4.74 Å². The van der Waals surface area contributed by atoms with Crippen LogP contribution in [0.3, 0.4) is 0 Å². The van der Waals surface area contributed by atoms with Gasteiger partial charge in [-0.3, -0.25) is 0 Å². The van der Waals surface area contributed by atoms with Gasteiger partial charge in [0, 0.05) is 18.5 Å². The summed E-state index contributed by atoms with van der Waals surface area (Å²) >= 11 is 1.48. The van der Waals surface area contributed by atoms with Crippen molar-refractivity contribution in [3.63, 3.8) is 0 Å². The average Bonchev–Trinajstić information content (AvgIpc) is 2.44. The number of aromatic nitrogens is 3. The SMILES string of the molecule is CSc1ncc(C23CC(CN(C(=O)OC(C)(C)C)C2)C3)nn1. The molecule has 1 aromatic rings. The van der Waals surface area contributed by atoms with Crippen molar-refractivity contribution in [2.24, 2.45) is 5.92 Å². The number of carbonyl (C=O) groups excluding carboxylic acids is 1. The van der Waals surface area contributed by atoms with Gasteiger partial charge in [-0.25, -0.2) is 9.78 Å². The van der Waals surface area contributed by atoms with Gasteiger partial charge in [0.25, 0.3) is 0 Å². The lowest BCUT2D eigenvalue weighted by Crippen LogP contribution is -2.61. The topological polar surface area (TPSA) is 68.2 Å². The van der Waals surface area contributed by atoms with E-state index >= 15 is 0 Å². The smallest absolute Gasteiger partial charge is 0.410 e. The molecule has 0 aromatic carbocycles. The van der Waals surface area contributed by atoms with Crippen molar-refractivity contribution in [1.29, 1.82) is 0 Å². The quantitative estimate of drug-likeness (QED) is 0.779. The Labute approximate surface area is 135 Å². The number of fused-ring (bicyclic) bond motifs is 2. The second-order valence-electron chi connectivity index (χ2n) is 7.25. The molecule has 120 valence electrons. The largest absolute Gasteiger partial charge is 0.444 e. The Kier molecular flexibility index (Phi) is 3.79. The number of ether oxygens (including phenoxy) is 1. The third-order valence-corrected chi connectivity index (χ3v) is 4.80. The van der Waals surface area contributed by atoms with Gasteiger partial charge in [-0.2, -0.15) is 5.10 Å². The van der Waals surface area contributed by atoms with E-state index in [1.54, 1.807) is 0 Å². The summed E-state index contributed by atoms with van der Waals surface area (Å²) in [6.07, 6.45) is 5.62. The molecule has 1 aliphatic carbocycles. The molecule has 3 fully saturated rings. The van der Waals surface area contributed by atoms with Crippen LogP contribution in [0.15, 0.2) is 11.4 Å². The molecule has 1 saturated carbocycles. The fraction of sp³-hybridized carbons (Fsp3) is 0.733. The predicted molar refractivity (Wildman–Crippen MR) is 83.8 cm³/mol. The number of carbonyl (C=O) groups is 1. The van der Waals surface area contributed by atoms with Gasteiger partial charge in [0.1, 0.15) is 5.60 Å². The predicted octanol–water partition coefficient (Wildman–Crippen LogP) is 2.49. The zero-order valence-electron chi connectivity index (χ0n) is 13.5. The van der Waals surface area contributed by atoms with Crippen molar-refractivity contribution in [2.45, 2.75) is 49.8 Å². The fourth-order valence-corrected chi connectivity index (χ4v) is 3.68. The van der Waals surface area contributed by atoms with Crippen LogP contribution in [0, 0.1) is 5.92 Å². The molecular formula is C15H22N4O2S. The maximum absolute atomic E-state index is 12.3. The first-order valence-electron chi connectivity index (χ1n) is 7.53. The zero-order valence-corrected chi connectivity index (χ0v) is 14.3. The second kappa shape index (κ2) is 5.37. The first-order chi connectivity index (χ1) is 10.3. The van der Waals surface area contributed by atoms with Crippen molar-refractivity contribution in [3.8, 4) is 0 Å². The molecule has 7 heteroatoms. The summed E-state index contributed by atoms with van der Waals surface area (Å²) < 4.78 is 5.50. The zero-order chi connectivity index (χ0) is 16.0. The number of hydrogen-bond acceptors (Lipinski definition) is 6. The lowest BCUT2D eigenvalue weighted by Gasteiger charge is -2.55. The Bertz CT molecular complexity index is 564. The highest BCUT2D eigenvalue weighted by Crippen LogP contribution is 2.51. The number of thioether (sulfide) groups is 1. The van der Waals surface area contributed by atoms with Crippen molar-refractivity contribution in [2.75, 3.05) is 19.3 Å². The van der Waals surface area contributed by atoms with Crippen LogP contribution in [0.2, 0.25) is 0 Å². The molecule has 2 saturated heterocycles. The molecule has 1 aromatic heterocycles. The standard InChI is InChI=1S/C15H22N4O2S/c1-14(2,3)21-13(20)19-8-10-5-15(6-10,9-19)11-7-16-12(22-4)18-17-11/h7,10H,5-6,8-9H2,1-4H3. The molecular weight excluding hydrogens is 300 g/mol. The highest BCUT2D eigenvalue weighted by molar-refractivity contribution is 7.98. The van der Waals surface area contributed by atoms with E-state index in [9.17, 15) is 4.79 Å². The molecule has 0 atom stereocenters. The lowest BCUT2D eigenvalue weighted by molar-refractivity contribution is -0.0322. The molecule has 0 spiro atoms. The van der Waals surface area contributed by atoms with E-state index in [0.29, 0.717) is 17.6 Å². The Morgan fingerprint density at radius 1 is 1.41 bits per heavy atom. The van der Waals surface area contributed by atoms with Crippen LogP contribution in [-0.2, 0) is 10.2 Å². The molecule has 4 rings (SSSR count). The van der Waals surface area contributed by atoms with Gasteiger partial charge in [-0.05, 0) is 45.8 Å². The van der Waals surface area contributed by atoms with Crippen LogP contribution in [0.5, 0.6) is 0 Å². The van der Waals surface area contributed by atoms with Crippen molar-refractivity contribution >= 4 is 17.9 Å². The molecule has 1 amide bonds. The number of amides is 1. The van der Waals surface area contributed by atoms with Crippen LogP contribution < -0.4 is 0 Å². The second-order valence-corrected chi connectivity index (χ2v) is 8.02. The molecule has 6 nitrogen and oxygen atoms in total. The maximum Gasteiger partial charge on any atom is 0.410 e. The van der Waals surface area contributed by atoms with Gasteiger partial charge in [0.15, 0.2) is 0 Å². The van der Waals surface area contributed by atoms with Gasteiger partial charge >= 0.3 is 6.09 Å². The molecule has 0 N–H and O–H groups in total. The van der Waals surface area contributed by atoms with Gasteiger partial charge < -0.3 is 9.64 Å². The summed E-state index contributed by atoms with van der Waals surface area (Å²) in [5.74, 6) is 0.531. The first kappa shape index (κ1) is 15.5. The van der Waals surface area contributed by atoms with E-state index in [0.717, 1.165) is 25.1 Å². The van der Waals surface area contributed by atoms with E-state index in [-0.39, 0.29) is 11.5 Å². The maximum atomic E-state index is 12.3. The Hall–Kier alpha value is -1.37. The molecule has 0 radical (unpaired) electrons. The fourth-order valence-electron chi connectivity index (χ4n) is 3.40. The minimum absolute atomic E-state index is 0.0865. The Balaban J connectivity index is 1.74. The van der Waals surface area contributed by atoms with Crippen molar-refractivity contribution in [3.05, 3.63) is 11.9 Å². The van der Waals surface area contributed by atoms with Gasteiger partial charge in [-0.15, -0.1) is 5.10 Å². The van der Waals surface area contributed by atoms with E-state index < -0.39 is 5.60 Å². The summed E-state index contributed by atoms with van der Waals surface area (Å²) in [7, 11) is 0. The minimum Gasteiger partial charge on any atom is -0.444 e. The molecule has 2 aliphatic heterocycles. The number of nitrogens with zero attached hydrogens (tertiary/aromatic N) is 4. The van der Waals surface area contributed by atoms with Crippen LogP contribution >= 0.6 is 11.8 Å². The van der Waals surface area contributed by atoms with Crippen molar-refractivity contribution < 1.29 is 9.53 Å². The summed E-state index contributed by atoms with van der Waals surface area (Å²) in [6, 6.07) is 0. The van der Waals surface area contributed by atoms with E-state index in [2.05, 4.69) is 15.2 Å². The number of piperidine rings is 2.